The largest absolute Gasteiger partial charge is 0.385 e. The molecule has 0 aliphatic carbocycles. The monoisotopic (exact) mass is 316 g/mol. The highest BCUT2D eigenvalue weighted by molar-refractivity contribution is 9.10. The minimum absolute atomic E-state index is 0.0604. The zero-order valence-electron chi connectivity index (χ0n) is 11.3. The van der Waals surface area contributed by atoms with E-state index < -0.39 is 0 Å². The normalized spacial score (nSPS) is 10.7. The summed E-state index contributed by atoms with van der Waals surface area (Å²) in [4.78, 5) is 14.0. The average Bonchev–Trinajstić information content (AvgIpc) is 2.70. The van der Waals surface area contributed by atoms with Crippen LogP contribution in [0.15, 0.2) is 16.7 Å². The van der Waals surface area contributed by atoms with E-state index in [9.17, 15) is 4.79 Å². The Morgan fingerprint density at radius 2 is 2.28 bits per heavy atom. The van der Waals surface area contributed by atoms with Crippen molar-refractivity contribution in [2.24, 2.45) is 0 Å². The molecule has 0 fully saturated rings. The lowest BCUT2D eigenvalue weighted by molar-refractivity contribution is 0.0768. The molecule has 0 spiro atoms. The Morgan fingerprint density at radius 3 is 2.89 bits per heavy atom. The first-order chi connectivity index (χ1) is 8.60. The zero-order chi connectivity index (χ0) is 13.5. The van der Waals surface area contributed by atoms with Gasteiger partial charge in [0.15, 0.2) is 0 Å². The van der Waals surface area contributed by atoms with Gasteiger partial charge in [-0.2, -0.15) is 0 Å². The molecule has 1 amide bonds. The van der Waals surface area contributed by atoms with Crippen molar-refractivity contribution in [3.63, 3.8) is 0 Å². The van der Waals surface area contributed by atoms with Gasteiger partial charge >= 0.3 is 0 Å². The molecule has 4 nitrogen and oxygen atoms in total. The van der Waals surface area contributed by atoms with E-state index in [-0.39, 0.29) is 5.91 Å². The van der Waals surface area contributed by atoms with Crippen LogP contribution in [0, 0.1) is 0 Å². The second kappa shape index (κ2) is 7.59. The number of aromatic nitrogens is 1. The number of hydrogen-bond acceptors (Lipinski definition) is 2. The Labute approximate surface area is 117 Å². The SMILES string of the molecule is CCCn1cc(Br)cc1C(=O)N(C)CCCOC. The zero-order valence-corrected chi connectivity index (χ0v) is 12.9. The van der Waals surface area contributed by atoms with Crippen LogP contribution in [0.25, 0.3) is 0 Å². The van der Waals surface area contributed by atoms with E-state index in [1.54, 1.807) is 12.0 Å². The fraction of sp³-hybridized carbons (Fsp3) is 0.615. The number of aryl methyl sites for hydroxylation is 1. The molecule has 0 radical (unpaired) electrons. The number of carbonyl (C=O) groups is 1. The third kappa shape index (κ3) is 4.14. The molecule has 0 atom stereocenters. The van der Waals surface area contributed by atoms with E-state index in [1.165, 1.54) is 0 Å². The van der Waals surface area contributed by atoms with E-state index in [0.717, 1.165) is 29.6 Å². The quantitative estimate of drug-likeness (QED) is 0.725. The Morgan fingerprint density at radius 1 is 1.56 bits per heavy atom. The molecule has 0 saturated heterocycles. The van der Waals surface area contributed by atoms with Crippen LogP contribution in [0.4, 0.5) is 0 Å². The van der Waals surface area contributed by atoms with Crippen molar-refractivity contribution in [3.05, 3.63) is 22.4 Å². The van der Waals surface area contributed by atoms with Gasteiger partial charge in [-0.1, -0.05) is 6.92 Å². The average molecular weight is 317 g/mol. The van der Waals surface area contributed by atoms with Crippen molar-refractivity contribution < 1.29 is 9.53 Å². The summed E-state index contributed by atoms with van der Waals surface area (Å²) in [7, 11) is 3.50. The summed E-state index contributed by atoms with van der Waals surface area (Å²) in [5.74, 6) is 0.0604. The molecule has 0 bridgehead atoms. The molecule has 0 unspecified atom stereocenters. The third-order valence-electron chi connectivity index (χ3n) is 2.74. The van der Waals surface area contributed by atoms with Gasteiger partial charge in [0, 0.05) is 44.5 Å². The molecule has 1 heterocycles. The maximum absolute atomic E-state index is 12.3. The molecule has 0 N–H and O–H groups in total. The minimum atomic E-state index is 0.0604. The predicted molar refractivity (Wildman–Crippen MR) is 75.9 cm³/mol. The molecular weight excluding hydrogens is 296 g/mol. The first kappa shape index (κ1) is 15.2. The van der Waals surface area contributed by atoms with E-state index in [1.807, 2.05) is 23.9 Å². The molecule has 1 aromatic rings. The summed E-state index contributed by atoms with van der Waals surface area (Å²) in [6.07, 6.45) is 3.82. The molecule has 5 heteroatoms. The van der Waals surface area contributed by atoms with Gasteiger partial charge in [0.25, 0.3) is 5.91 Å². The lowest BCUT2D eigenvalue weighted by atomic mass is 10.3. The van der Waals surface area contributed by atoms with Crippen LogP contribution in [-0.2, 0) is 11.3 Å². The first-order valence-corrected chi connectivity index (χ1v) is 6.99. The van der Waals surface area contributed by atoms with Crippen LogP contribution in [-0.4, -0.2) is 42.7 Å². The van der Waals surface area contributed by atoms with Crippen molar-refractivity contribution in [1.29, 1.82) is 0 Å². The highest BCUT2D eigenvalue weighted by atomic mass is 79.9. The van der Waals surface area contributed by atoms with Crippen molar-refractivity contribution in [1.82, 2.24) is 9.47 Å². The van der Waals surface area contributed by atoms with E-state index in [4.69, 9.17) is 4.74 Å². The van der Waals surface area contributed by atoms with Crippen LogP contribution in [0.1, 0.15) is 30.3 Å². The minimum Gasteiger partial charge on any atom is -0.385 e. The lowest BCUT2D eigenvalue weighted by Gasteiger charge is -2.18. The van der Waals surface area contributed by atoms with Gasteiger partial charge < -0.3 is 14.2 Å². The molecule has 0 aromatic carbocycles. The number of hydrogen-bond donors (Lipinski definition) is 0. The Bertz CT molecular complexity index is 390. The van der Waals surface area contributed by atoms with Crippen molar-refractivity contribution in [2.45, 2.75) is 26.3 Å². The second-order valence-corrected chi connectivity index (χ2v) is 5.23. The van der Waals surface area contributed by atoms with Crippen LogP contribution in [0.2, 0.25) is 0 Å². The van der Waals surface area contributed by atoms with Gasteiger partial charge in [0.2, 0.25) is 0 Å². The molecule has 18 heavy (non-hydrogen) atoms. The predicted octanol–water partition coefficient (Wildman–Crippen LogP) is 2.77. The van der Waals surface area contributed by atoms with Gasteiger partial charge in [-0.05, 0) is 34.8 Å². The summed E-state index contributed by atoms with van der Waals surface area (Å²) in [5.41, 5.74) is 0.739. The molecule has 0 aliphatic heterocycles. The fourth-order valence-corrected chi connectivity index (χ4v) is 2.29. The number of rotatable bonds is 7. The summed E-state index contributed by atoms with van der Waals surface area (Å²) in [6.45, 7) is 4.35. The van der Waals surface area contributed by atoms with Crippen LogP contribution in [0.3, 0.4) is 0 Å². The third-order valence-corrected chi connectivity index (χ3v) is 3.17. The van der Waals surface area contributed by atoms with Crippen molar-refractivity contribution in [2.75, 3.05) is 27.3 Å². The Hall–Kier alpha value is -0.810. The number of nitrogens with zero attached hydrogens (tertiary/aromatic N) is 2. The summed E-state index contributed by atoms with van der Waals surface area (Å²) >= 11 is 3.42. The Kier molecular flexibility index (Phi) is 6.43. The van der Waals surface area contributed by atoms with E-state index in [0.29, 0.717) is 13.2 Å². The Balaban J connectivity index is 2.70. The molecule has 1 rings (SSSR count). The number of methoxy groups -OCH3 is 1. The standard InChI is InChI=1S/C13H21BrN2O2/c1-4-6-16-10-11(14)9-12(16)13(17)15(2)7-5-8-18-3/h9-10H,4-8H2,1-3H3. The number of amides is 1. The molecule has 0 saturated carbocycles. The fourth-order valence-electron chi connectivity index (χ4n) is 1.82. The van der Waals surface area contributed by atoms with Crippen molar-refractivity contribution in [3.8, 4) is 0 Å². The van der Waals surface area contributed by atoms with Gasteiger partial charge in [-0.3, -0.25) is 4.79 Å². The molecule has 1 aromatic heterocycles. The van der Waals surface area contributed by atoms with Gasteiger partial charge in [0.05, 0.1) is 0 Å². The lowest BCUT2D eigenvalue weighted by Crippen LogP contribution is -2.30. The smallest absolute Gasteiger partial charge is 0.270 e. The number of ether oxygens (including phenoxy) is 1. The van der Waals surface area contributed by atoms with Gasteiger partial charge in [-0.25, -0.2) is 0 Å². The molecule has 102 valence electrons. The van der Waals surface area contributed by atoms with Crippen LogP contribution in [0.5, 0.6) is 0 Å². The van der Waals surface area contributed by atoms with Crippen molar-refractivity contribution >= 4 is 21.8 Å². The summed E-state index contributed by atoms with van der Waals surface area (Å²) in [6, 6.07) is 1.88. The molecule has 0 aliphatic rings. The highest BCUT2D eigenvalue weighted by Crippen LogP contribution is 2.17. The topological polar surface area (TPSA) is 34.5 Å². The second-order valence-electron chi connectivity index (χ2n) is 4.31. The van der Waals surface area contributed by atoms with E-state index >= 15 is 0 Å². The van der Waals surface area contributed by atoms with Gasteiger partial charge in [-0.15, -0.1) is 0 Å². The first-order valence-electron chi connectivity index (χ1n) is 6.20. The summed E-state index contributed by atoms with van der Waals surface area (Å²) in [5, 5.41) is 0. The van der Waals surface area contributed by atoms with Crippen LogP contribution >= 0.6 is 15.9 Å². The maximum Gasteiger partial charge on any atom is 0.270 e. The number of carbonyl (C=O) groups excluding carboxylic acids is 1. The van der Waals surface area contributed by atoms with Gasteiger partial charge in [0.1, 0.15) is 5.69 Å². The van der Waals surface area contributed by atoms with Crippen LogP contribution < -0.4 is 0 Å². The number of halogens is 1. The molecular formula is C13H21BrN2O2. The summed E-state index contributed by atoms with van der Waals surface area (Å²) < 4.78 is 7.94. The van der Waals surface area contributed by atoms with E-state index in [2.05, 4.69) is 22.9 Å². The maximum atomic E-state index is 12.3. The highest BCUT2D eigenvalue weighted by Gasteiger charge is 2.16.